The topological polar surface area (TPSA) is 60.9 Å². The molecule has 0 bridgehead atoms. The summed E-state index contributed by atoms with van der Waals surface area (Å²) in [6.45, 7) is 4.01. The number of hydrogen-bond donors (Lipinski definition) is 1. The molecule has 1 heterocycles. The Bertz CT molecular complexity index is 558. The van der Waals surface area contributed by atoms with Gasteiger partial charge in [-0.15, -0.1) is 0 Å². The highest BCUT2D eigenvalue weighted by molar-refractivity contribution is 5.96. The zero-order valence-electron chi connectivity index (χ0n) is 9.97. The Balaban J connectivity index is 2.65. The summed E-state index contributed by atoms with van der Waals surface area (Å²) in [6.07, 6.45) is 4.38. The third kappa shape index (κ3) is 2.06. The zero-order chi connectivity index (χ0) is 12.4. The number of aryl methyl sites for hydroxylation is 2. The van der Waals surface area contributed by atoms with Gasteiger partial charge >= 0.3 is 0 Å². The first-order valence-electron chi connectivity index (χ1n) is 5.56. The van der Waals surface area contributed by atoms with Crippen molar-refractivity contribution in [2.75, 3.05) is 0 Å². The van der Waals surface area contributed by atoms with Crippen LogP contribution in [-0.4, -0.2) is 15.5 Å². The van der Waals surface area contributed by atoms with Gasteiger partial charge in [-0.3, -0.25) is 4.79 Å². The van der Waals surface area contributed by atoms with Gasteiger partial charge in [0.1, 0.15) is 5.82 Å². The molecule has 0 spiro atoms. The Morgan fingerprint density at radius 2 is 2.24 bits per heavy atom. The minimum atomic E-state index is -0.421. The summed E-state index contributed by atoms with van der Waals surface area (Å²) < 4.78 is 1.91. The maximum absolute atomic E-state index is 11.4. The van der Waals surface area contributed by atoms with Gasteiger partial charge in [0.25, 0.3) is 5.91 Å². The van der Waals surface area contributed by atoms with E-state index in [1.807, 2.05) is 36.7 Å². The molecule has 1 aromatic carbocycles. The lowest BCUT2D eigenvalue weighted by atomic mass is 10.1. The smallest absolute Gasteiger partial charge is 0.250 e. The van der Waals surface area contributed by atoms with Gasteiger partial charge in [-0.2, -0.15) is 0 Å². The fourth-order valence-electron chi connectivity index (χ4n) is 1.86. The van der Waals surface area contributed by atoms with Crippen LogP contribution in [0, 0.1) is 6.92 Å². The molecule has 0 fully saturated rings. The van der Waals surface area contributed by atoms with Crippen molar-refractivity contribution in [1.82, 2.24) is 9.55 Å². The van der Waals surface area contributed by atoms with E-state index in [9.17, 15) is 4.79 Å². The van der Waals surface area contributed by atoms with Crippen molar-refractivity contribution < 1.29 is 4.79 Å². The number of nitrogens with zero attached hydrogens (tertiary/aromatic N) is 2. The molecule has 2 aromatic rings. The molecule has 0 atom stereocenters. The summed E-state index contributed by atoms with van der Waals surface area (Å²) in [5.41, 5.74) is 7.79. The summed E-state index contributed by atoms with van der Waals surface area (Å²) in [5, 5.41) is 0. The van der Waals surface area contributed by atoms with Crippen LogP contribution in [-0.2, 0) is 6.42 Å². The standard InChI is InChI=1S/C13H15N3O/c1-3-12-15-6-7-16(12)11-8-9(2)4-5-10(11)13(14)17/h4-8H,3H2,1-2H3,(H2,14,17). The van der Waals surface area contributed by atoms with Gasteiger partial charge in [0.05, 0.1) is 11.3 Å². The highest BCUT2D eigenvalue weighted by Gasteiger charge is 2.12. The second kappa shape index (κ2) is 4.41. The van der Waals surface area contributed by atoms with Crippen molar-refractivity contribution >= 4 is 5.91 Å². The maximum Gasteiger partial charge on any atom is 0.250 e. The molecule has 1 aromatic heterocycles. The predicted molar refractivity (Wildman–Crippen MR) is 66.2 cm³/mol. The zero-order valence-corrected chi connectivity index (χ0v) is 9.97. The quantitative estimate of drug-likeness (QED) is 0.873. The van der Waals surface area contributed by atoms with Gasteiger partial charge < -0.3 is 10.3 Å². The Morgan fingerprint density at radius 1 is 1.47 bits per heavy atom. The molecule has 4 heteroatoms. The van der Waals surface area contributed by atoms with Crippen LogP contribution in [0.25, 0.3) is 5.69 Å². The lowest BCUT2D eigenvalue weighted by Crippen LogP contribution is -2.15. The summed E-state index contributed by atoms with van der Waals surface area (Å²) >= 11 is 0. The number of carbonyl (C=O) groups excluding carboxylic acids is 1. The fourth-order valence-corrected chi connectivity index (χ4v) is 1.86. The van der Waals surface area contributed by atoms with E-state index < -0.39 is 5.91 Å². The summed E-state index contributed by atoms with van der Waals surface area (Å²) in [4.78, 5) is 15.7. The number of imidazole rings is 1. The van der Waals surface area contributed by atoms with Crippen LogP contribution in [0.1, 0.15) is 28.7 Å². The molecule has 0 radical (unpaired) electrons. The van der Waals surface area contributed by atoms with E-state index in [0.29, 0.717) is 5.56 Å². The number of hydrogen-bond acceptors (Lipinski definition) is 2. The highest BCUT2D eigenvalue weighted by atomic mass is 16.1. The lowest BCUT2D eigenvalue weighted by molar-refractivity contribution is 0.100. The van der Waals surface area contributed by atoms with Gasteiger partial charge in [0.15, 0.2) is 0 Å². The molecule has 0 aliphatic carbocycles. The molecule has 1 amide bonds. The largest absolute Gasteiger partial charge is 0.366 e. The third-order valence-electron chi connectivity index (χ3n) is 2.71. The molecule has 0 saturated carbocycles. The van der Waals surface area contributed by atoms with Crippen molar-refractivity contribution in [3.8, 4) is 5.69 Å². The molecule has 2 rings (SSSR count). The molecule has 88 valence electrons. The Hall–Kier alpha value is -2.10. The second-order valence-corrected chi connectivity index (χ2v) is 3.95. The van der Waals surface area contributed by atoms with Crippen molar-refractivity contribution in [2.24, 2.45) is 5.73 Å². The molecule has 4 nitrogen and oxygen atoms in total. The first-order valence-corrected chi connectivity index (χ1v) is 5.56. The number of rotatable bonds is 3. The SMILES string of the molecule is CCc1nccn1-c1cc(C)ccc1C(N)=O. The molecule has 17 heavy (non-hydrogen) atoms. The molecule has 0 aliphatic rings. The number of aromatic nitrogens is 2. The van der Waals surface area contributed by atoms with Gasteiger partial charge in [-0.1, -0.05) is 13.0 Å². The third-order valence-corrected chi connectivity index (χ3v) is 2.71. The van der Waals surface area contributed by atoms with E-state index in [-0.39, 0.29) is 0 Å². The van der Waals surface area contributed by atoms with Crippen LogP contribution in [0.15, 0.2) is 30.6 Å². The lowest BCUT2D eigenvalue weighted by Gasteiger charge is -2.11. The van der Waals surface area contributed by atoms with Gasteiger partial charge in [-0.25, -0.2) is 4.98 Å². The molecule has 2 N–H and O–H groups in total. The van der Waals surface area contributed by atoms with Gasteiger partial charge in [-0.05, 0) is 24.6 Å². The molecular formula is C13H15N3O. The van der Waals surface area contributed by atoms with Crippen LogP contribution in [0.3, 0.4) is 0 Å². The number of nitrogens with two attached hydrogens (primary N) is 1. The van der Waals surface area contributed by atoms with Crippen LogP contribution in [0.5, 0.6) is 0 Å². The van der Waals surface area contributed by atoms with Crippen molar-refractivity contribution in [2.45, 2.75) is 20.3 Å². The van der Waals surface area contributed by atoms with E-state index in [1.165, 1.54) is 0 Å². The monoisotopic (exact) mass is 229 g/mol. The number of carbonyl (C=O) groups is 1. The Labute approximate surface area is 100 Å². The van der Waals surface area contributed by atoms with Crippen molar-refractivity contribution in [3.05, 3.63) is 47.5 Å². The van der Waals surface area contributed by atoms with Crippen LogP contribution in [0.4, 0.5) is 0 Å². The minimum absolute atomic E-state index is 0.421. The average molecular weight is 229 g/mol. The summed E-state index contributed by atoms with van der Waals surface area (Å²) in [6, 6.07) is 5.58. The Kier molecular flexibility index (Phi) is 2.95. The number of amides is 1. The maximum atomic E-state index is 11.4. The Morgan fingerprint density at radius 3 is 2.88 bits per heavy atom. The average Bonchev–Trinajstić information content (AvgIpc) is 2.76. The van der Waals surface area contributed by atoms with E-state index in [4.69, 9.17) is 5.73 Å². The van der Waals surface area contributed by atoms with Crippen LogP contribution < -0.4 is 5.73 Å². The normalized spacial score (nSPS) is 10.5. The van der Waals surface area contributed by atoms with Crippen molar-refractivity contribution in [3.63, 3.8) is 0 Å². The van der Waals surface area contributed by atoms with Crippen LogP contribution in [0.2, 0.25) is 0 Å². The van der Waals surface area contributed by atoms with Crippen molar-refractivity contribution in [1.29, 1.82) is 0 Å². The van der Waals surface area contributed by atoms with Crippen LogP contribution >= 0.6 is 0 Å². The van der Waals surface area contributed by atoms with Gasteiger partial charge in [0, 0.05) is 18.8 Å². The highest BCUT2D eigenvalue weighted by Crippen LogP contribution is 2.18. The molecule has 0 unspecified atom stereocenters. The van der Waals surface area contributed by atoms with E-state index in [0.717, 1.165) is 23.5 Å². The summed E-state index contributed by atoms with van der Waals surface area (Å²) in [7, 11) is 0. The molecular weight excluding hydrogens is 214 g/mol. The second-order valence-electron chi connectivity index (χ2n) is 3.95. The van der Waals surface area contributed by atoms with E-state index in [2.05, 4.69) is 4.98 Å². The minimum Gasteiger partial charge on any atom is -0.366 e. The van der Waals surface area contributed by atoms with E-state index >= 15 is 0 Å². The first-order chi connectivity index (χ1) is 8.13. The van der Waals surface area contributed by atoms with Gasteiger partial charge in [0.2, 0.25) is 0 Å². The fraction of sp³-hybridized carbons (Fsp3) is 0.231. The number of benzene rings is 1. The molecule has 0 saturated heterocycles. The predicted octanol–water partition coefficient (Wildman–Crippen LogP) is 1.84. The number of primary amides is 1. The first kappa shape index (κ1) is 11.4. The molecule has 0 aliphatic heterocycles. The summed E-state index contributed by atoms with van der Waals surface area (Å²) in [5.74, 6) is 0.494. The van der Waals surface area contributed by atoms with E-state index in [1.54, 1.807) is 12.3 Å².